The molecule has 154 valence electrons. The Labute approximate surface area is 181 Å². The van der Waals surface area contributed by atoms with Crippen molar-refractivity contribution in [2.24, 2.45) is 7.05 Å². The van der Waals surface area contributed by atoms with Crippen molar-refractivity contribution in [3.63, 3.8) is 0 Å². The number of nitrogens with one attached hydrogen (secondary N) is 1. The Morgan fingerprint density at radius 2 is 1.68 bits per heavy atom. The van der Waals surface area contributed by atoms with E-state index in [0.29, 0.717) is 12.1 Å². The molecule has 0 fully saturated rings. The maximum atomic E-state index is 13.1. The van der Waals surface area contributed by atoms with Gasteiger partial charge in [-0.1, -0.05) is 54.1 Å². The molecule has 5 nitrogen and oxygen atoms in total. The third-order valence-corrected chi connectivity index (χ3v) is 5.75. The summed E-state index contributed by atoms with van der Waals surface area (Å²) >= 11 is 0. The summed E-state index contributed by atoms with van der Waals surface area (Å²) in [5.41, 5.74) is 7.84. The third kappa shape index (κ3) is 3.38. The van der Waals surface area contributed by atoms with E-state index in [-0.39, 0.29) is 5.91 Å². The number of fused-ring (bicyclic) bond motifs is 2. The molecule has 0 aliphatic heterocycles. The monoisotopic (exact) mass is 408 g/mol. The molecule has 0 bridgehead atoms. The molecule has 1 N–H and O–H groups in total. The molecular weight excluding hydrogens is 384 g/mol. The first-order valence-corrected chi connectivity index (χ1v) is 10.4. The minimum atomic E-state index is -0.0886. The van der Waals surface area contributed by atoms with Crippen molar-refractivity contribution in [3.05, 3.63) is 95.4 Å². The van der Waals surface area contributed by atoms with Crippen molar-refractivity contribution in [3.8, 4) is 11.3 Å². The van der Waals surface area contributed by atoms with E-state index in [1.54, 1.807) is 0 Å². The number of aryl methyl sites for hydroxylation is 3. The number of nitrogens with zero attached hydrogens (tertiary/aromatic N) is 3. The molecule has 1 amide bonds. The van der Waals surface area contributed by atoms with Crippen LogP contribution in [0.15, 0.2) is 73.1 Å². The average molecular weight is 409 g/mol. The second-order valence-electron chi connectivity index (χ2n) is 8.06. The molecule has 0 spiro atoms. The molecule has 0 radical (unpaired) electrons. The van der Waals surface area contributed by atoms with Crippen LogP contribution in [0.4, 0.5) is 0 Å². The zero-order valence-electron chi connectivity index (χ0n) is 17.9. The van der Waals surface area contributed by atoms with Crippen molar-refractivity contribution < 1.29 is 4.79 Å². The van der Waals surface area contributed by atoms with Gasteiger partial charge in [0.1, 0.15) is 5.65 Å². The van der Waals surface area contributed by atoms with E-state index < -0.39 is 0 Å². The number of hydrogen-bond acceptors (Lipinski definition) is 2. The molecule has 0 aliphatic rings. The molecule has 0 saturated heterocycles. The van der Waals surface area contributed by atoms with Gasteiger partial charge in [-0.3, -0.25) is 4.79 Å². The lowest BCUT2D eigenvalue weighted by atomic mass is 10.1. The van der Waals surface area contributed by atoms with Crippen LogP contribution >= 0.6 is 0 Å². The highest BCUT2D eigenvalue weighted by molar-refractivity contribution is 6.07. The largest absolute Gasteiger partial charge is 0.350 e. The molecule has 5 aromatic rings. The Morgan fingerprint density at radius 1 is 0.935 bits per heavy atom. The van der Waals surface area contributed by atoms with Crippen LogP contribution in [-0.2, 0) is 13.6 Å². The maximum Gasteiger partial charge on any atom is 0.253 e. The first kappa shape index (κ1) is 19.1. The number of benzene rings is 2. The Morgan fingerprint density at radius 3 is 2.48 bits per heavy atom. The number of hydrogen-bond donors (Lipinski definition) is 1. The highest BCUT2D eigenvalue weighted by Gasteiger charge is 2.18. The van der Waals surface area contributed by atoms with Crippen molar-refractivity contribution in [2.75, 3.05) is 0 Å². The molecule has 0 aliphatic carbocycles. The van der Waals surface area contributed by atoms with E-state index in [9.17, 15) is 4.79 Å². The Hall–Kier alpha value is -3.86. The van der Waals surface area contributed by atoms with Crippen LogP contribution in [-0.4, -0.2) is 19.9 Å². The number of rotatable bonds is 4. The summed E-state index contributed by atoms with van der Waals surface area (Å²) in [7, 11) is 1.96. The van der Waals surface area contributed by atoms with Gasteiger partial charge >= 0.3 is 0 Å². The Kier molecular flexibility index (Phi) is 4.59. The topological polar surface area (TPSA) is 51.3 Å². The zero-order chi connectivity index (χ0) is 21.5. The van der Waals surface area contributed by atoms with Gasteiger partial charge in [0.15, 0.2) is 0 Å². The molecular formula is C26H24N4O. The van der Waals surface area contributed by atoms with E-state index in [0.717, 1.165) is 39.1 Å². The second-order valence-corrected chi connectivity index (χ2v) is 8.06. The molecule has 31 heavy (non-hydrogen) atoms. The van der Waals surface area contributed by atoms with E-state index in [1.165, 1.54) is 5.56 Å². The minimum absolute atomic E-state index is 0.0886. The van der Waals surface area contributed by atoms with Gasteiger partial charge in [0, 0.05) is 35.9 Å². The highest BCUT2D eigenvalue weighted by Crippen LogP contribution is 2.26. The maximum absolute atomic E-state index is 13.1. The van der Waals surface area contributed by atoms with E-state index in [2.05, 4.69) is 60.1 Å². The molecule has 2 aromatic carbocycles. The van der Waals surface area contributed by atoms with Crippen LogP contribution in [0.2, 0.25) is 0 Å². The molecule has 5 rings (SSSR count). The zero-order valence-corrected chi connectivity index (χ0v) is 17.9. The van der Waals surface area contributed by atoms with Crippen molar-refractivity contribution >= 4 is 22.5 Å². The molecule has 3 heterocycles. The first-order valence-electron chi connectivity index (χ1n) is 10.4. The number of carbonyl (C=O) groups is 1. The quantitative estimate of drug-likeness (QED) is 0.453. The fourth-order valence-electron chi connectivity index (χ4n) is 4.09. The van der Waals surface area contributed by atoms with Crippen LogP contribution in [0.1, 0.15) is 27.2 Å². The number of amides is 1. The van der Waals surface area contributed by atoms with E-state index in [1.807, 2.05) is 48.1 Å². The summed E-state index contributed by atoms with van der Waals surface area (Å²) in [5, 5.41) is 4.08. The predicted molar refractivity (Wildman–Crippen MR) is 124 cm³/mol. The fraction of sp³-hybridized carbons (Fsp3) is 0.154. The lowest BCUT2D eigenvalue weighted by Gasteiger charge is -2.08. The first-order chi connectivity index (χ1) is 15.0. The van der Waals surface area contributed by atoms with Gasteiger partial charge in [0.05, 0.1) is 23.5 Å². The van der Waals surface area contributed by atoms with Gasteiger partial charge in [0.25, 0.3) is 5.91 Å². The number of aromatic nitrogens is 3. The number of imidazole rings is 1. The third-order valence-electron chi connectivity index (χ3n) is 5.75. The Bertz CT molecular complexity index is 1420. The second kappa shape index (κ2) is 7.43. The molecule has 0 atom stereocenters. The van der Waals surface area contributed by atoms with Gasteiger partial charge < -0.3 is 14.3 Å². The lowest BCUT2D eigenvalue weighted by Crippen LogP contribution is -2.23. The van der Waals surface area contributed by atoms with Crippen LogP contribution in [0.3, 0.4) is 0 Å². The molecule has 5 heteroatoms. The smallest absolute Gasteiger partial charge is 0.253 e. The summed E-state index contributed by atoms with van der Waals surface area (Å²) in [6.45, 7) is 4.52. The highest BCUT2D eigenvalue weighted by atomic mass is 16.1. The van der Waals surface area contributed by atoms with Crippen molar-refractivity contribution in [1.29, 1.82) is 0 Å². The fourth-order valence-corrected chi connectivity index (χ4v) is 4.09. The summed E-state index contributed by atoms with van der Waals surface area (Å²) in [4.78, 5) is 18.0. The summed E-state index contributed by atoms with van der Waals surface area (Å²) in [5.74, 6) is -0.0886. The summed E-state index contributed by atoms with van der Waals surface area (Å²) in [6.07, 6.45) is 3.96. The minimum Gasteiger partial charge on any atom is -0.350 e. The van der Waals surface area contributed by atoms with Crippen molar-refractivity contribution in [1.82, 2.24) is 19.3 Å². The number of para-hydroxylation sites is 1. The van der Waals surface area contributed by atoms with Gasteiger partial charge in [-0.2, -0.15) is 0 Å². The summed E-state index contributed by atoms with van der Waals surface area (Å²) < 4.78 is 4.06. The van der Waals surface area contributed by atoms with Crippen LogP contribution in [0.5, 0.6) is 0 Å². The van der Waals surface area contributed by atoms with E-state index in [4.69, 9.17) is 4.98 Å². The summed E-state index contributed by atoms with van der Waals surface area (Å²) in [6, 6.07) is 20.4. The molecule has 0 unspecified atom stereocenters. The molecule has 0 saturated carbocycles. The lowest BCUT2D eigenvalue weighted by molar-refractivity contribution is 0.0952. The standard InChI is InChI=1S/C26H24N4O/c1-17-8-11-19(12-9-17)25-23(30-15-18(2)10-13-24(30)28-25)14-27-26(31)21-16-29(3)22-7-5-4-6-20(21)22/h4-13,15-16H,14H2,1-3H3,(H,27,31). The van der Waals surface area contributed by atoms with Crippen LogP contribution in [0.25, 0.3) is 27.8 Å². The Balaban J connectivity index is 1.53. The molecule has 3 aromatic heterocycles. The van der Waals surface area contributed by atoms with E-state index >= 15 is 0 Å². The number of pyridine rings is 1. The number of carbonyl (C=O) groups excluding carboxylic acids is 1. The van der Waals surface area contributed by atoms with Gasteiger partial charge in [-0.25, -0.2) is 4.98 Å². The van der Waals surface area contributed by atoms with Crippen molar-refractivity contribution in [2.45, 2.75) is 20.4 Å². The van der Waals surface area contributed by atoms with Crippen LogP contribution < -0.4 is 5.32 Å². The van der Waals surface area contributed by atoms with Gasteiger partial charge in [-0.15, -0.1) is 0 Å². The SMILES string of the molecule is Cc1ccc(-c2nc3ccc(C)cn3c2CNC(=O)c2cn(C)c3ccccc23)cc1. The average Bonchev–Trinajstić information content (AvgIpc) is 3.30. The van der Waals surface area contributed by atoms with Gasteiger partial charge in [0.2, 0.25) is 0 Å². The van der Waals surface area contributed by atoms with Crippen LogP contribution in [0, 0.1) is 13.8 Å². The normalized spacial score (nSPS) is 11.3. The predicted octanol–water partition coefficient (Wildman–Crippen LogP) is 5.04. The van der Waals surface area contributed by atoms with Gasteiger partial charge in [-0.05, 0) is 31.5 Å².